The van der Waals surface area contributed by atoms with Gasteiger partial charge in [0, 0.05) is 13.0 Å². The first kappa shape index (κ1) is 12.7. The Kier molecular flexibility index (Phi) is 4.32. The molecule has 1 rings (SSSR count). The second-order valence-electron chi connectivity index (χ2n) is 6.19. The molecule has 0 aromatic carbocycles. The number of hydrogen-bond acceptors (Lipinski definition) is 2. The van der Waals surface area contributed by atoms with E-state index in [-0.39, 0.29) is 0 Å². The molecular formula is C13H25NO. The highest BCUT2D eigenvalue weighted by molar-refractivity contribution is 5.75. The zero-order valence-corrected chi connectivity index (χ0v) is 10.7. The van der Waals surface area contributed by atoms with Crippen molar-refractivity contribution in [3.05, 3.63) is 0 Å². The molecule has 2 nitrogen and oxygen atoms in total. The van der Waals surface area contributed by atoms with Crippen molar-refractivity contribution in [1.82, 2.24) is 4.90 Å². The Labute approximate surface area is 94.0 Å². The second kappa shape index (κ2) is 5.11. The number of ketones is 1. The molecule has 0 atom stereocenters. The van der Waals surface area contributed by atoms with E-state index in [1.807, 2.05) is 0 Å². The van der Waals surface area contributed by atoms with Crippen molar-refractivity contribution in [1.29, 1.82) is 0 Å². The summed E-state index contributed by atoms with van der Waals surface area (Å²) in [6.07, 6.45) is 3.20. The first-order chi connectivity index (χ1) is 6.87. The minimum Gasteiger partial charge on any atom is -0.303 e. The Morgan fingerprint density at radius 1 is 1.27 bits per heavy atom. The van der Waals surface area contributed by atoms with E-state index in [2.05, 4.69) is 25.7 Å². The third kappa shape index (κ3) is 5.31. The normalized spacial score (nSPS) is 20.5. The van der Waals surface area contributed by atoms with Crippen molar-refractivity contribution >= 4 is 5.78 Å². The zero-order valence-electron chi connectivity index (χ0n) is 10.7. The van der Waals surface area contributed by atoms with Gasteiger partial charge in [-0.15, -0.1) is 0 Å². The van der Waals surface area contributed by atoms with Crippen molar-refractivity contribution in [2.24, 2.45) is 11.3 Å². The molecule has 2 heteroatoms. The summed E-state index contributed by atoms with van der Waals surface area (Å²) < 4.78 is 0. The van der Waals surface area contributed by atoms with Crippen LogP contribution in [0.2, 0.25) is 0 Å². The molecule has 1 fully saturated rings. The Hall–Kier alpha value is -0.370. The number of carbonyl (C=O) groups is 1. The van der Waals surface area contributed by atoms with Gasteiger partial charge >= 0.3 is 0 Å². The van der Waals surface area contributed by atoms with E-state index in [9.17, 15) is 4.79 Å². The van der Waals surface area contributed by atoms with Crippen molar-refractivity contribution in [2.75, 3.05) is 19.6 Å². The summed E-state index contributed by atoms with van der Waals surface area (Å²) >= 11 is 0. The summed E-state index contributed by atoms with van der Waals surface area (Å²) in [5.74, 6) is 1.00. The molecule has 15 heavy (non-hydrogen) atoms. The smallest absolute Gasteiger partial charge is 0.130 e. The maximum Gasteiger partial charge on any atom is 0.130 e. The van der Waals surface area contributed by atoms with Gasteiger partial charge in [0.2, 0.25) is 0 Å². The van der Waals surface area contributed by atoms with E-state index in [4.69, 9.17) is 0 Å². The van der Waals surface area contributed by atoms with Gasteiger partial charge in [0.25, 0.3) is 0 Å². The third-order valence-corrected chi connectivity index (χ3v) is 2.98. The van der Waals surface area contributed by atoms with Gasteiger partial charge in [-0.3, -0.25) is 0 Å². The van der Waals surface area contributed by atoms with Gasteiger partial charge in [-0.25, -0.2) is 0 Å². The van der Waals surface area contributed by atoms with Crippen molar-refractivity contribution < 1.29 is 4.79 Å². The van der Waals surface area contributed by atoms with Crippen LogP contribution in [-0.4, -0.2) is 30.3 Å². The topological polar surface area (TPSA) is 20.3 Å². The van der Waals surface area contributed by atoms with E-state index < -0.39 is 0 Å². The highest BCUT2D eigenvalue weighted by Crippen LogP contribution is 2.23. The molecular weight excluding hydrogens is 186 g/mol. The summed E-state index contributed by atoms with van der Waals surface area (Å²) in [6.45, 7) is 12.1. The number of hydrogen-bond donors (Lipinski definition) is 0. The molecule has 0 spiro atoms. The molecule has 1 saturated heterocycles. The van der Waals surface area contributed by atoms with Gasteiger partial charge in [-0.2, -0.15) is 0 Å². The van der Waals surface area contributed by atoms with Crippen LogP contribution < -0.4 is 0 Å². The molecule has 1 aliphatic heterocycles. The molecule has 1 aliphatic rings. The Bertz CT molecular complexity index is 209. The minimum atomic E-state index is 0.351. The summed E-state index contributed by atoms with van der Waals surface area (Å²) in [6, 6.07) is 0. The van der Waals surface area contributed by atoms with E-state index in [0.717, 1.165) is 6.42 Å². The standard InChI is InChI=1S/C13H25NO/c1-11(15)9-12-5-7-14(8-6-12)10-13(2,3)4/h12H,5-10H2,1-4H3. The van der Waals surface area contributed by atoms with Crippen molar-refractivity contribution in [3.8, 4) is 0 Å². The van der Waals surface area contributed by atoms with Crippen LogP contribution in [0, 0.1) is 11.3 Å². The molecule has 0 bridgehead atoms. The predicted molar refractivity (Wildman–Crippen MR) is 63.9 cm³/mol. The molecule has 0 saturated carbocycles. The predicted octanol–water partition coefficient (Wildman–Crippen LogP) is 2.72. The van der Waals surface area contributed by atoms with Crippen molar-refractivity contribution in [2.45, 2.75) is 47.0 Å². The zero-order chi connectivity index (χ0) is 11.5. The summed E-state index contributed by atoms with van der Waals surface area (Å²) in [7, 11) is 0. The van der Waals surface area contributed by atoms with Gasteiger partial charge in [0.15, 0.2) is 0 Å². The molecule has 0 unspecified atom stereocenters. The number of likely N-dealkylation sites (tertiary alicyclic amines) is 1. The Balaban J connectivity index is 2.27. The van der Waals surface area contributed by atoms with Gasteiger partial charge in [-0.1, -0.05) is 20.8 Å². The monoisotopic (exact) mass is 211 g/mol. The molecule has 0 amide bonds. The molecule has 1 heterocycles. The van der Waals surface area contributed by atoms with Crippen LogP contribution in [0.25, 0.3) is 0 Å². The number of Topliss-reactive ketones (excluding diaryl/α,β-unsaturated/α-hetero) is 1. The van der Waals surface area contributed by atoms with Gasteiger partial charge in [-0.05, 0) is 44.2 Å². The SMILES string of the molecule is CC(=O)CC1CCN(CC(C)(C)C)CC1. The van der Waals surface area contributed by atoms with Crippen LogP contribution in [0.5, 0.6) is 0 Å². The van der Waals surface area contributed by atoms with E-state index >= 15 is 0 Å². The fraction of sp³-hybridized carbons (Fsp3) is 0.923. The quantitative estimate of drug-likeness (QED) is 0.715. The minimum absolute atomic E-state index is 0.351. The number of piperidine rings is 1. The van der Waals surface area contributed by atoms with Gasteiger partial charge < -0.3 is 9.69 Å². The number of carbonyl (C=O) groups excluding carboxylic acids is 1. The second-order valence-corrected chi connectivity index (χ2v) is 6.19. The fourth-order valence-electron chi connectivity index (χ4n) is 2.43. The summed E-state index contributed by atoms with van der Waals surface area (Å²) in [5.41, 5.74) is 0.396. The summed E-state index contributed by atoms with van der Waals surface area (Å²) in [5, 5.41) is 0. The van der Waals surface area contributed by atoms with Gasteiger partial charge in [0.05, 0.1) is 0 Å². The highest BCUT2D eigenvalue weighted by Gasteiger charge is 2.23. The van der Waals surface area contributed by atoms with Crippen LogP contribution in [-0.2, 0) is 4.79 Å². The van der Waals surface area contributed by atoms with Crippen LogP contribution in [0.1, 0.15) is 47.0 Å². The molecule has 0 aromatic heterocycles. The fourth-order valence-corrected chi connectivity index (χ4v) is 2.43. The van der Waals surface area contributed by atoms with Crippen LogP contribution >= 0.6 is 0 Å². The molecule has 0 aromatic rings. The first-order valence-corrected chi connectivity index (χ1v) is 6.08. The lowest BCUT2D eigenvalue weighted by Gasteiger charge is -2.35. The van der Waals surface area contributed by atoms with Gasteiger partial charge in [0.1, 0.15) is 5.78 Å². The molecule has 0 N–H and O–H groups in total. The maximum atomic E-state index is 11.0. The molecule has 0 radical (unpaired) electrons. The molecule has 0 aliphatic carbocycles. The lowest BCUT2D eigenvalue weighted by molar-refractivity contribution is -0.118. The van der Waals surface area contributed by atoms with Crippen LogP contribution in [0.3, 0.4) is 0 Å². The molecule has 88 valence electrons. The lowest BCUT2D eigenvalue weighted by atomic mass is 9.89. The van der Waals surface area contributed by atoms with Crippen LogP contribution in [0.4, 0.5) is 0 Å². The van der Waals surface area contributed by atoms with Crippen LogP contribution in [0.15, 0.2) is 0 Å². The Morgan fingerprint density at radius 2 is 1.80 bits per heavy atom. The Morgan fingerprint density at radius 3 is 2.20 bits per heavy atom. The lowest BCUT2D eigenvalue weighted by Crippen LogP contribution is -2.39. The first-order valence-electron chi connectivity index (χ1n) is 6.08. The van der Waals surface area contributed by atoms with E-state index in [0.29, 0.717) is 17.1 Å². The summed E-state index contributed by atoms with van der Waals surface area (Å²) in [4.78, 5) is 13.5. The largest absolute Gasteiger partial charge is 0.303 e. The van der Waals surface area contributed by atoms with E-state index in [1.165, 1.54) is 32.5 Å². The average molecular weight is 211 g/mol. The number of rotatable bonds is 3. The average Bonchev–Trinajstić information content (AvgIpc) is 2.05. The van der Waals surface area contributed by atoms with E-state index in [1.54, 1.807) is 6.92 Å². The van der Waals surface area contributed by atoms with Crippen molar-refractivity contribution in [3.63, 3.8) is 0 Å². The third-order valence-electron chi connectivity index (χ3n) is 2.98. The highest BCUT2D eigenvalue weighted by atomic mass is 16.1. The maximum absolute atomic E-state index is 11.0. The number of nitrogens with zero attached hydrogens (tertiary/aromatic N) is 1.